The predicted molar refractivity (Wildman–Crippen MR) is 104 cm³/mol. The van der Waals surface area contributed by atoms with Gasteiger partial charge < -0.3 is 14.7 Å². The Morgan fingerprint density at radius 1 is 1.07 bits per heavy atom. The van der Waals surface area contributed by atoms with Gasteiger partial charge in [0.15, 0.2) is 0 Å². The van der Waals surface area contributed by atoms with Crippen molar-refractivity contribution in [2.75, 3.05) is 25.0 Å². The number of amides is 2. The minimum atomic E-state index is 0.0435. The molecule has 5 nitrogen and oxygen atoms in total. The maximum absolute atomic E-state index is 13.1. The lowest BCUT2D eigenvalue weighted by molar-refractivity contribution is 0.0711. The van der Waals surface area contributed by atoms with Crippen molar-refractivity contribution in [1.29, 1.82) is 0 Å². The normalized spacial score (nSPS) is 21.0. The predicted octanol–water partition coefficient (Wildman–Crippen LogP) is 2.90. The van der Waals surface area contributed by atoms with Crippen LogP contribution in [0.3, 0.4) is 0 Å². The maximum Gasteiger partial charge on any atom is 0.257 e. The molecular formula is C22H23N3O2. The van der Waals surface area contributed by atoms with E-state index in [0.29, 0.717) is 17.7 Å². The largest absolute Gasteiger partial charge is 0.354 e. The first-order valence-corrected chi connectivity index (χ1v) is 9.67. The van der Waals surface area contributed by atoms with Crippen LogP contribution in [0.4, 0.5) is 5.69 Å². The number of hydrogen-bond acceptors (Lipinski definition) is 3. The van der Waals surface area contributed by atoms with Crippen LogP contribution in [0.25, 0.3) is 0 Å². The van der Waals surface area contributed by atoms with Crippen LogP contribution in [-0.4, -0.2) is 47.9 Å². The van der Waals surface area contributed by atoms with E-state index in [2.05, 4.69) is 23.1 Å². The number of fused-ring (bicyclic) bond motifs is 3. The lowest BCUT2D eigenvalue weighted by Gasteiger charge is -2.40. The molecule has 0 bridgehead atoms. The topological polar surface area (TPSA) is 43.9 Å². The van der Waals surface area contributed by atoms with Crippen molar-refractivity contribution in [3.63, 3.8) is 0 Å². The molecule has 0 N–H and O–H groups in total. The van der Waals surface area contributed by atoms with E-state index >= 15 is 0 Å². The Morgan fingerprint density at radius 3 is 2.74 bits per heavy atom. The van der Waals surface area contributed by atoms with Crippen molar-refractivity contribution in [3.8, 4) is 0 Å². The van der Waals surface area contributed by atoms with E-state index in [9.17, 15) is 9.59 Å². The molecule has 0 spiro atoms. The highest BCUT2D eigenvalue weighted by molar-refractivity contribution is 6.04. The third-order valence-electron chi connectivity index (χ3n) is 6.20. The Kier molecular flexibility index (Phi) is 3.71. The number of anilines is 1. The molecule has 3 heterocycles. The van der Waals surface area contributed by atoms with E-state index in [0.717, 1.165) is 38.0 Å². The summed E-state index contributed by atoms with van der Waals surface area (Å²) >= 11 is 0. The van der Waals surface area contributed by atoms with Gasteiger partial charge in [0.1, 0.15) is 6.17 Å². The average molecular weight is 361 g/mol. The molecule has 0 aromatic heterocycles. The van der Waals surface area contributed by atoms with E-state index in [1.807, 2.05) is 41.1 Å². The standard InChI is InChI=1S/C22H23N3O2/c1-23-19-13-16(8-9-18(19)22(27)25-11-4-7-20(23)25)21(26)24-12-10-15-5-2-3-6-17(15)14-24/h2-3,5-6,8-9,13,20H,4,7,10-12,14H2,1H3. The van der Waals surface area contributed by atoms with Crippen LogP contribution in [0, 0.1) is 0 Å². The second-order valence-electron chi connectivity index (χ2n) is 7.71. The molecule has 1 fully saturated rings. The van der Waals surface area contributed by atoms with Crippen LogP contribution in [0.5, 0.6) is 0 Å². The van der Waals surface area contributed by atoms with Crippen molar-refractivity contribution in [3.05, 3.63) is 64.7 Å². The highest BCUT2D eigenvalue weighted by Crippen LogP contribution is 2.35. The summed E-state index contributed by atoms with van der Waals surface area (Å²) in [6, 6.07) is 13.9. The monoisotopic (exact) mass is 361 g/mol. The van der Waals surface area contributed by atoms with Crippen LogP contribution in [0.15, 0.2) is 42.5 Å². The number of benzene rings is 2. The zero-order valence-corrected chi connectivity index (χ0v) is 15.5. The molecule has 2 aromatic rings. The molecule has 0 radical (unpaired) electrons. The van der Waals surface area contributed by atoms with Gasteiger partial charge in [-0.3, -0.25) is 9.59 Å². The first-order chi connectivity index (χ1) is 13.1. The van der Waals surface area contributed by atoms with Gasteiger partial charge >= 0.3 is 0 Å². The van der Waals surface area contributed by atoms with Crippen LogP contribution in [0.2, 0.25) is 0 Å². The summed E-state index contributed by atoms with van der Waals surface area (Å²) in [7, 11) is 2.03. The highest BCUT2D eigenvalue weighted by atomic mass is 16.2. The minimum absolute atomic E-state index is 0.0435. The Balaban J connectivity index is 1.45. The third kappa shape index (κ3) is 2.52. The quantitative estimate of drug-likeness (QED) is 0.784. The van der Waals surface area contributed by atoms with E-state index in [4.69, 9.17) is 0 Å². The molecule has 3 aliphatic heterocycles. The summed E-state index contributed by atoms with van der Waals surface area (Å²) in [4.78, 5) is 31.9. The molecule has 0 aliphatic carbocycles. The zero-order chi connectivity index (χ0) is 18.5. The molecule has 3 aliphatic rings. The molecule has 1 saturated heterocycles. The minimum Gasteiger partial charge on any atom is -0.354 e. The molecule has 0 saturated carbocycles. The second kappa shape index (κ2) is 6.12. The number of rotatable bonds is 1. The van der Waals surface area contributed by atoms with Gasteiger partial charge in [-0.1, -0.05) is 24.3 Å². The third-order valence-corrected chi connectivity index (χ3v) is 6.20. The van der Waals surface area contributed by atoms with Gasteiger partial charge in [0.2, 0.25) is 0 Å². The van der Waals surface area contributed by atoms with Crippen molar-refractivity contribution in [1.82, 2.24) is 9.80 Å². The van der Waals surface area contributed by atoms with E-state index in [-0.39, 0.29) is 18.0 Å². The van der Waals surface area contributed by atoms with Crippen LogP contribution in [0.1, 0.15) is 44.7 Å². The fourth-order valence-electron chi connectivity index (χ4n) is 4.69. The molecule has 2 aromatic carbocycles. The number of hydrogen-bond donors (Lipinski definition) is 0. The highest BCUT2D eigenvalue weighted by Gasteiger charge is 2.39. The Morgan fingerprint density at radius 2 is 1.89 bits per heavy atom. The van der Waals surface area contributed by atoms with E-state index < -0.39 is 0 Å². The molecular weight excluding hydrogens is 338 g/mol. The fraction of sp³-hybridized carbons (Fsp3) is 0.364. The first kappa shape index (κ1) is 16.4. The summed E-state index contributed by atoms with van der Waals surface area (Å²) in [6.07, 6.45) is 3.04. The molecule has 27 heavy (non-hydrogen) atoms. The van der Waals surface area contributed by atoms with Gasteiger partial charge in [-0.2, -0.15) is 0 Å². The summed E-state index contributed by atoms with van der Waals surface area (Å²) < 4.78 is 0. The second-order valence-corrected chi connectivity index (χ2v) is 7.71. The number of carbonyl (C=O) groups excluding carboxylic acids is 2. The SMILES string of the molecule is CN1c2cc(C(=O)N3CCc4ccccc4C3)ccc2C(=O)N2CCCC21. The summed E-state index contributed by atoms with van der Waals surface area (Å²) in [5.41, 5.74) is 4.81. The lowest BCUT2D eigenvalue weighted by atomic mass is 9.98. The molecule has 138 valence electrons. The zero-order valence-electron chi connectivity index (χ0n) is 15.5. The van der Waals surface area contributed by atoms with Crippen LogP contribution in [-0.2, 0) is 13.0 Å². The van der Waals surface area contributed by atoms with Crippen LogP contribution < -0.4 is 4.90 Å². The van der Waals surface area contributed by atoms with E-state index in [1.54, 1.807) is 0 Å². The van der Waals surface area contributed by atoms with Gasteiger partial charge in [0.25, 0.3) is 11.8 Å². The number of carbonyl (C=O) groups is 2. The van der Waals surface area contributed by atoms with Gasteiger partial charge in [0, 0.05) is 32.2 Å². The van der Waals surface area contributed by atoms with Crippen molar-refractivity contribution >= 4 is 17.5 Å². The summed E-state index contributed by atoms with van der Waals surface area (Å²) in [5.74, 6) is 0.138. The van der Waals surface area contributed by atoms with Crippen LogP contribution >= 0.6 is 0 Å². The van der Waals surface area contributed by atoms with Crippen molar-refractivity contribution < 1.29 is 9.59 Å². The average Bonchev–Trinajstić information content (AvgIpc) is 3.21. The van der Waals surface area contributed by atoms with E-state index in [1.165, 1.54) is 11.1 Å². The van der Waals surface area contributed by atoms with Gasteiger partial charge in [-0.05, 0) is 48.6 Å². The fourth-order valence-corrected chi connectivity index (χ4v) is 4.69. The molecule has 1 atom stereocenters. The lowest BCUT2D eigenvalue weighted by Crippen LogP contribution is -2.50. The Hall–Kier alpha value is -2.82. The maximum atomic E-state index is 13.1. The molecule has 1 unspecified atom stereocenters. The molecule has 5 heteroatoms. The number of nitrogens with zero attached hydrogens (tertiary/aromatic N) is 3. The van der Waals surface area contributed by atoms with Gasteiger partial charge in [0.05, 0.1) is 11.3 Å². The van der Waals surface area contributed by atoms with Gasteiger partial charge in [-0.15, -0.1) is 0 Å². The molecule has 2 amide bonds. The summed E-state index contributed by atoms with van der Waals surface area (Å²) in [5, 5.41) is 0. The van der Waals surface area contributed by atoms with Crippen molar-refractivity contribution in [2.24, 2.45) is 0 Å². The van der Waals surface area contributed by atoms with Crippen molar-refractivity contribution in [2.45, 2.75) is 32.0 Å². The Labute approximate surface area is 159 Å². The Bertz CT molecular complexity index is 939. The molecule has 5 rings (SSSR count). The van der Waals surface area contributed by atoms with Gasteiger partial charge in [-0.25, -0.2) is 0 Å². The first-order valence-electron chi connectivity index (χ1n) is 9.67. The smallest absolute Gasteiger partial charge is 0.257 e. The summed E-state index contributed by atoms with van der Waals surface area (Å²) in [6.45, 7) is 2.20.